The van der Waals surface area contributed by atoms with Crippen LogP contribution in [0.4, 0.5) is 0 Å². The number of aromatic nitrogens is 1. The number of aliphatic carboxylic acids is 2. The number of carbonyl (C=O) groups excluding carboxylic acids is 4. The first-order valence-corrected chi connectivity index (χ1v) is 16.0. The molecule has 0 radical (unpaired) electrons. The quantitative estimate of drug-likeness (QED) is 0.0774. The number of unbranched alkanes of at least 4 members (excludes halogenated alkanes) is 1. The fourth-order valence-electron chi connectivity index (χ4n) is 4.51. The summed E-state index contributed by atoms with van der Waals surface area (Å²) >= 11 is 1.43. The molecule has 4 atom stereocenters. The molecule has 15 nitrogen and oxygen atoms in total. The second kappa shape index (κ2) is 19.3. The summed E-state index contributed by atoms with van der Waals surface area (Å²) < 4.78 is 0. The highest BCUT2D eigenvalue weighted by Gasteiger charge is 2.29. The van der Waals surface area contributed by atoms with Crippen LogP contribution in [0.2, 0.25) is 0 Å². The van der Waals surface area contributed by atoms with Gasteiger partial charge in [0.1, 0.15) is 18.1 Å². The van der Waals surface area contributed by atoms with Crippen molar-refractivity contribution >= 4 is 58.2 Å². The van der Waals surface area contributed by atoms with Crippen LogP contribution >= 0.6 is 11.8 Å². The number of nitrogens with one attached hydrogen (secondary N) is 5. The highest BCUT2D eigenvalue weighted by Crippen LogP contribution is 2.18. The average molecular weight is 650 g/mol. The van der Waals surface area contributed by atoms with Crippen LogP contribution < -0.4 is 32.7 Å². The van der Waals surface area contributed by atoms with Crippen molar-refractivity contribution in [3.63, 3.8) is 0 Å². The van der Waals surface area contributed by atoms with Crippen molar-refractivity contribution in [3.05, 3.63) is 36.0 Å². The Morgan fingerprint density at radius 1 is 0.889 bits per heavy atom. The zero-order valence-electron chi connectivity index (χ0n) is 25.2. The molecule has 1 aromatic heterocycles. The van der Waals surface area contributed by atoms with Gasteiger partial charge in [0.05, 0.1) is 12.6 Å². The molecule has 0 spiro atoms. The molecule has 0 saturated carbocycles. The molecule has 1 aromatic carbocycles. The van der Waals surface area contributed by atoms with E-state index in [4.69, 9.17) is 16.6 Å². The van der Waals surface area contributed by atoms with E-state index in [0.717, 1.165) is 16.5 Å². The molecule has 0 fully saturated rings. The van der Waals surface area contributed by atoms with Gasteiger partial charge in [-0.2, -0.15) is 11.8 Å². The van der Waals surface area contributed by atoms with Gasteiger partial charge < -0.3 is 47.9 Å². The minimum absolute atomic E-state index is 0.133. The third-order valence-corrected chi connectivity index (χ3v) is 7.62. The lowest BCUT2D eigenvalue weighted by atomic mass is 10.1. The van der Waals surface area contributed by atoms with Crippen molar-refractivity contribution in [1.29, 1.82) is 0 Å². The third kappa shape index (κ3) is 12.8. The highest BCUT2D eigenvalue weighted by atomic mass is 32.2. The number of benzene rings is 1. The van der Waals surface area contributed by atoms with Crippen LogP contribution in [-0.2, 0) is 35.2 Å². The van der Waals surface area contributed by atoms with Crippen LogP contribution in [0.1, 0.15) is 44.1 Å². The van der Waals surface area contributed by atoms with Crippen LogP contribution in [-0.4, -0.2) is 100 Å². The van der Waals surface area contributed by atoms with Crippen molar-refractivity contribution in [2.45, 2.75) is 69.1 Å². The largest absolute Gasteiger partial charge is 0.481 e. The number of rotatable bonds is 21. The van der Waals surface area contributed by atoms with Crippen molar-refractivity contribution in [2.75, 3.05) is 25.1 Å². The van der Waals surface area contributed by atoms with Gasteiger partial charge in [-0.3, -0.25) is 24.0 Å². The Kier molecular flexibility index (Phi) is 15.9. The Morgan fingerprint density at radius 2 is 1.56 bits per heavy atom. The van der Waals surface area contributed by atoms with E-state index in [1.165, 1.54) is 11.8 Å². The summed E-state index contributed by atoms with van der Waals surface area (Å²) in [7, 11) is 0. The van der Waals surface area contributed by atoms with E-state index in [1.54, 1.807) is 6.20 Å². The standard InChI is InChI=1S/C29H43N7O8S/c1-45-13-11-22(28(42)35-21(8-4-5-12-30)27(41)36-23(29(43)44)9-10-25(38)39)34-24(37)16-33-26(40)19(31)14-17-15-32-20-7-3-2-6-18(17)20/h2-3,6-7,15,19,21-23,32H,4-5,8-14,16,30-31H2,1H3,(H,33,40)(H,34,37)(H,35,42)(H,36,41)(H,38,39)(H,43,44)/t19-,21-,22-,23-/m0/s1. The van der Waals surface area contributed by atoms with Crippen LogP contribution in [0.25, 0.3) is 10.9 Å². The van der Waals surface area contributed by atoms with E-state index >= 15 is 0 Å². The first-order valence-electron chi connectivity index (χ1n) is 14.6. The van der Waals surface area contributed by atoms with Crippen LogP contribution in [0.15, 0.2) is 30.5 Å². The van der Waals surface area contributed by atoms with Gasteiger partial charge in [-0.25, -0.2) is 4.79 Å². The van der Waals surface area contributed by atoms with Gasteiger partial charge in [-0.05, 0) is 68.7 Å². The average Bonchev–Trinajstić information content (AvgIpc) is 3.41. The molecule has 4 amide bonds. The molecule has 0 aliphatic heterocycles. The van der Waals surface area contributed by atoms with Crippen molar-refractivity contribution < 1.29 is 39.0 Å². The van der Waals surface area contributed by atoms with Gasteiger partial charge in [-0.15, -0.1) is 0 Å². The summed E-state index contributed by atoms with van der Waals surface area (Å²) in [4.78, 5) is 77.2. The molecule has 2 rings (SSSR count). The van der Waals surface area contributed by atoms with E-state index in [9.17, 15) is 33.9 Å². The molecule has 16 heteroatoms. The lowest BCUT2D eigenvalue weighted by Crippen LogP contribution is -2.56. The molecule has 45 heavy (non-hydrogen) atoms. The predicted molar refractivity (Wildman–Crippen MR) is 169 cm³/mol. The normalized spacial score (nSPS) is 13.7. The molecular weight excluding hydrogens is 606 g/mol. The number of fused-ring (bicyclic) bond motifs is 1. The number of carboxylic acid groups (broad SMARTS) is 2. The minimum Gasteiger partial charge on any atom is -0.481 e. The molecule has 0 aliphatic carbocycles. The molecule has 11 N–H and O–H groups in total. The van der Waals surface area contributed by atoms with Gasteiger partial charge in [-0.1, -0.05) is 18.2 Å². The Balaban J connectivity index is 2.01. The van der Waals surface area contributed by atoms with Crippen LogP contribution in [0.3, 0.4) is 0 Å². The molecule has 0 aliphatic rings. The number of H-pyrrole nitrogens is 1. The lowest BCUT2D eigenvalue weighted by molar-refractivity contribution is -0.143. The van der Waals surface area contributed by atoms with Gasteiger partial charge in [0.2, 0.25) is 23.6 Å². The molecular formula is C29H43N7O8S. The topological polar surface area (TPSA) is 259 Å². The van der Waals surface area contributed by atoms with Crippen LogP contribution in [0.5, 0.6) is 0 Å². The van der Waals surface area contributed by atoms with E-state index in [2.05, 4.69) is 26.3 Å². The first-order chi connectivity index (χ1) is 21.5. The number of para-hydroxylation sites is 1. The SMILES string of the molecule is CSCC[C@H](NC(=O)CNC(=O)[C@@H](N)Cc1c[nH]c2ccccc12)C(=O)N[C@@H](CCCCN)C(=O)N[C@@H](CCC(=O)O)C(=O)O. The number of nitrogens with two attached hydrogens (primary N) is 2. The fourth-order valence-corrected chi connectivity index (χ4v) is 4.98. The van der Waals surface area contributed by atoms with E-state index < -0.39 is 72.7 Å². The first kappa shape index (κ1) is 37.0. The second-order valence-electron chi connectivity index (χ2n) is 10.5. The van der Waals surface area contributed by atoms with E-state index in [1.807, 2.05) is 30.5 Å². The summed E-state index contributed by atoms with van der Waals surface area (Å²) in [5.74, 6) is -4.82. The Labute approximate surface area is 265 Å². The molecule has 248 valence electrons. The van der Waals surface area contributed by atoms with Crippen molar-refractivity contribution in [1.82, 2.24) is 26.3 Å². The maximum atomic E-state index is 13.3. The zero-order chi connectivity index (χ0) is 33.4. The number of hydrogen-bond acceptors (Lipinski definition) is 9. The Hall–Kier alpha value is -4.15. The molecule has 0 unspecified atom stereocenters. The van der Waals surface area contributed by atoms with E-state index in [0.29, 0.717) is 25.1 Å². The monoisotopic (exact) mass is 649 g/mol. The number of hydrogen-bond donors (Lipinski definition) is 9. The maximum Gasteiger partial charge on any atom is 0.326 e. The van der Waals surface area contributed by atoms with Crippen LogP contribution in [0, 0.1) is 0 Å². The smallest absolute Gasteiger partial charge is 0.326 e. The number of carboxylic acids is 2. The lowest BCUT2D eigenvalue weighted by Gasteiger charge is -2.24. The van der Waals surface area contributed by atoms with E-state index in [-0.39, 0.29) is 25.7 Å². The number of aromatic amines is 1. The molecule has 0 bridgehead atoms. The van der Waals surface area contributed by atoms with Crippen molar-refractivity contribution in [2.24, 2.45) is 11.5 Å². The third-order valence-electron chi connectivity index (χ3n) is 6.98. The van der Waals surface area contributed by atoms with Gasteiger partial charge in [0.15, 0.2) is 0 Å². The minimum atomic E-state index is -1.47. The second-order valence-corrected chi connectivity index (χ2v) is 11.5. The number of amides is 4. The summed E-state index contributed by atoms with van der Waals surface area (Å²) in [6.45, 7) is -0.101. The Bertz CT molecular complexity index is 1320. The molecule has 1 heterocycles. The van der Waals surface area contributed by atoms with Crippen molar-refractivity contribution in [3.8, 4) is 0 Å². The van der Waals surface area contributed by atoms with Gasteiger partial charge >= 0.3 is 11.9 Å². The number of thioether (sulfide) groups is 1. The fraction of sp³-hybridized carbons (Fsp3) is 0.517. The summed E-state index contributed by atoms with van der Waals surface area (Å²) in [6.07, 6.45) is 4.33. The predicted octanol–water partition coefficient (Wildman–Crippen LogP) is -0.560. The zero-order valence-corrected chi connectivity index (χ0v) is 26.0. The Morgan fingerprint density at radius 3 is 2.20 bits per heavy atom. The summed E-state index contributed by atoms with van der Waals surface area (Å²) in [5, 5.41) is 29.2. The molecule has 0 saturated heterocycles. The highest BCUT2D eigenvalue weighted by molar-refractivity contribution is 7.98. The molecule has 2 aromatic rings. The number of carbonyl (C=O) groups is 6. The summed E-state index contributed by atoms with van der Waals surface area (Å²) in [5.41, 5.74) is 13.4. The summed E-state index contributed by atoms with van der Waals surface area (Å²) in [6, 6.07) is 2.96. The van der Waals surface area contributed by atoms with Gasteiger partial charge in [0, 0.05) is 23.5 Å². The van der Waals surface area contributed by atoms with Gasteiger partial charge in [0.25, 0.3) is 0 Å². The maximum absolute atomic E-state index is 13.3.